The predicted octanol–water partition coefficient (Wildman–Crippen LogP) is 1.08. The van der Waals surface area contributed by atoms with Crippen LogP contribution in [0.2, 0.25) is 0 Å². The van der Waals surface area contributed by atoms with Gasteiger partial charge in [-0.15, -0.1) is 0 Å². The van der Waals surface area contributed by atoms with E-state index in [-0.39, 0.29) is 30.2 Å². The molecule has 0 bridgehead atoms. The molecule has 1 aliphatic heterocycles. The van der Waals surface area contributed by atoms with E-state index in [0.29, 0.717) is 6.42 Å². The highest BCUT2D eigenvalue weighted by molar-refractivity contribution is 6.00. The maximum Gasteiger partial charge on any atom is 0.261 e. The van der Waals surface area contributed by atoms with Gasteiger partial charge in [0.2, 0.25) is 0 Å². The molecule has 0 unspecified atom stereocenters. The molecule has 2 rings (SSSR count). The molecule has 98 valence electrons. The quantitative estimate of drug-likeness (QED) is 0.751. The second kappa shape index (κ2) is 4.49. The van der Waals surface area contributed by atoms with Crippen molar-refractivity contribution in [3.8, 4) is 11.5 Å². The van der Waals surface area contributed by atoms with Gasteiger partial charge in [-0.05, 0) is 18.6 Å². The fourth-order valence-corrected chi connectivity index (χ4v) is 2.34. The Bertz CT molecular complexity index is 446. The Morgan fingerprint density at radius 2 is 1.89 bits per heavy atom. The highest BCUT2D eigenvalue weighted by Crippen LogP contribution is 2.32. The van der Waals surface area contributed by atoms with Gasteiger partial charge >= 0.3 is 0 Å². The topological polar surface area (TPSA) is 81.0 Å². The van der Waals surface area contributed by atoms with E-state index in [0.717, 1.165) is 6.42 Å². The molecule has 3 N–H and O–H groups in total. The van der Waals surface area contributed by atoms with E-state index in [4.69, 9.17) is 0 Å². The lowest BCUT2D eigenvalue weighted by Crippen LogP contribution is -2.63. The van der Waals surface area contributed by atoms with Gasteiger partial charge in [-0.3, -0.25) is 4.79 Å². The Morgan fingerprint density at radius 3 is 2.39 bits per heavy atom. The first-order valence-electron chi connectivity index (χ1n) is 5.99. The molecule has 0 radical (unpaired) electrons. The van der Waals surface area contributed by atoms with Gasteiger partial charge in [-0.2, -0.15) is 0 Å². The minimum Gasteiger partial charge on any atom is -0.507 e. The maximum absolute atomic E-state index is 12.1. The van der Waals surface area contributed by atoms with Crippen LogP contribution in [0.3, 0.4) is 0 Å². The van der Waals surface area contributed by atoms with Crippen LogP contribution in [-0.2, 0) is 0 Å². The molecule has 1 saturated heterocycles. The van der Waals surface area contributed by atoms with Crippen molar-refractivity contribution in [2.45, 2.75) is 25.4 Å². The molecule has 5 heteroatoms. The van der Waals surface area contributed by atoms with Crippen molar-refractivity contribution in [3.63, 3.8) is 0 Å². The number of benzene rings is 1. The highest BCUT2D eigenvalue weighted by Gasteiger charge is 2.43. The number of phenolic OH excluding ortho intramolecular Hbond substituents is 2. The van der Waals surface area contributed by atoms with Gasteiger partial charge < -0.3 is 20.2 Å². The summed E-state index contributed by atoms with van der Waals surface area (Å²) in [6.07, 6.45) is 1.49. The number of β-amino-alcohol motifs (C(OH)–C–C–N with tert-alkyl or cyclic N) is 1. The van der Waals surface area contributed by atoms with Crippen LogP contribution in [0, 0.1) is 0 Å². The van der Waals surface area contributed by atoms with Gasteiger partial charge in [0.25, 0.3) is 5.91 Å². The Hall–Kier alpha value is -1.75. The fourth-order valence-electron chi connectivity index (χ4n) is 2.34. The maximum atomic E-state index is 12.1. The molecule has 1 fully saturated rings. The van der Waals surface area contributed by atoms with Crippen LogP contribution in [0.15, 0.2) is 18.2 Å². The average molecular weight is 251 g/mol. The van der Waals surface area contributed by atoms with Crippen LogP contribution in [0.4, 0.5) is 0 Å². The number of hydrogen-bond acceptors (Lipinski definition) is 4. The number of likely N-dealkylation sites (tertiary alicyclic amines) is 1. The Morgan fingerprint density at radius 1 is 1.33 bits per heavy atom. The van der Waals surface area contributed by atoms with Crippen molar-refractivity contribution in [2.24, 2.45) is 0 Å². The molecule has 1 aromatic rings. The van der Waals surface area contributed by atoms with Crippen molar-refractivity contribution in [3.05, 3.63) is 23.8 Å². The van der Waals surface area contributed by atoms with Crippen LogP contribution in [0.1, 0.15) is 30.1 Å². The largest absolute Gasteiger partial charge is 0.507 e. The van der Waals surface area contributed by atoms with Crippen LogP contribution in [-0.4, -0.2) is 44.8 Å². The van der Waals surface area contributed by atoms with Crippen molar-refractivity contribution in [1.29, 1.82) is 0 Å². The first-order valence-corrected chi connectivity index (χ1v) is 5.99. The monoisotopic (exact) mass is 251 g/mol. The standard InChI is InChI=1S/C13H17NO4/c1-2-6-13(18)7-14(8-13)12(17)11-9(15)4-3-5-10(11)16/h3-5,15-16,18H,2,6-8H2,1H3. The van der Waals surface area contributed by atoms with Gasteiger partial charge in [0, 0.05) is 0 Å². The number of nitrogens with zero attached hydrogens (tertiary/aromatic N) is 1. The van der Waals surface area contributed by atoms with Crippen molar-refractivity contribution < 1.29 is 20.1 Å². The van der Waals surface area contributed by atoms with E-state index in [2.05, 4.69) is 0 Å². The summed E-state index contributed by atoms with van der Waals surface area (Å²) in [7, 11) is 0. The third-order valence-corrected chi connectivity index (χ3v) is 3.21. The molecule has 0 aromatic heterocycles. The first kappa shape index (κ1) is 12.7. The molecule has 1 aromatic carbocycles. The number of hydrogen-bond donors (Lipinski definition) is 3. The van der Waals surface area contributed by atoms with Crippen molar-refractivity contribution >= 4 is 5.91 Å². The number of aromatic hydroxyl groups is 2. The average Bonchev–Trinajstić information content (AvgIpc) is 2.25. The second-order valence-corrected chi connectivity index (χ2v) is 4.81. The molecule has 1 aliphatic rings. The van der Waals surface area contributed by atoms with Gasteiger partial charge in [0.05, 0.1) is 18.7 Å². The third-order valence-electron chi connectivity index (χ3n) is 3.21. The number of amides is 1. The lowest BCUT2D eigenvalue weighted by molar-refractivity contribution is -0.0861. The van der Waals surface area contributed by atoms with Gasteiger partial charge in [0.1, 0.15) is 17.1 Å². The van der Waals surface area contributed by atoms with Crippen molar-refractivity contribution in [1.82, 2.24) is 4.90 Å². The van der Waals surface area contributed by atoms with Crippen molar-refractivity contribution in [2.75, 3.05) is 13.1 Å². The Labute approximate surface area is 105 Å². The summed E-state index contributed by atoms with van der Waals surface area (Å²) in [5.74, 6) is -0.941. The van der Waals surface area contributed by atoms with Crippen LogP contribution < -0.4 is 0 Å². The number of carbonyl (C=O) groups is 1. The summed E-state index contributed by atoms with van der Waals surface area (Å²) >= 11 is 0. The summed E-state index contributed by atoms with van der Waals surface area (Å²) in [4.78, 5) is 13.5. The summed E-state index contributed by atoms with van der Waals surface area (Å²) in [5, 5.41) is 29.2. The minimum atomic E-state index is -0.815. The normalized spacial score (nSPS) is 17.3. The van der Waals surface area contributed by atoms with Crippen LogP contribution >= 0.6 is 0 Å². The lowest BCUT2D eigenvalue weighted by Gasteiger charge is -2.46. The molecule has 0 atom stereocenters. The highest BCUT2D eigenvalue weighted by atomic mass is 16.3. The Kier molecular flexibility index (Phi) is 3.17. The van der Waals surface area contributed by atoms with Gasteiger partial charge in [0.15, 0.2) is 0 Å². The Balaban J connectivity index is 2.11. The van der Waals surface area contributed by atoms with Gasteiger partial charge in [-0.25, -0.2) is 0 Å². The molecule has 0 saturated carbocycles. The molecule has 1 heterocycles. The number of carbonyl (C=O) groups excluding carboxylic acids is 1. The summed E-state index contributed by atoms with van der Waals surface area (Å²) < 4.78 is 0. The zero-order chi connectivity index (χ0) is 13.3. The molecule has 0 aliphatic carbocycles. The van der Waals surface area contributed by atoms with E-state index in [1.165, 1.54) is 23.1 Å². The number of rotatable bonds is 3. The summed E-state index contributed by atoms with van der Waals surface area (Å²) in [6.45, 7) is 2.46. The smallest absolute Gasteiger partial charge is 0.261 e. The van der Waals surface area contributed by atoms with Crippen LogP contribution in [0.5, 0.6) is 11.5 Å². The van der Waals surface area contributed by atoms with E-state index in [1.54, 1.807) is 0 Å². The fraction of sp³-hybridized carbons (Fsp3) is 0.462. The zero-order valence-electron chi connectivity index (χ0n) is 10.3. The number of aliphatic hydroxyl groups is 1. The summed E-state index contributed by atoms with van der Waals surface area (Å²) in [5.41, 5.74) is -0.916. The molecule has 18 heavy (non-hydrogen) atoms. The SMILES string of the molecule is CCCC1(O)CN(C(=O)c2c(O)cccc2O)C1. The zero-order valence-corrected chi connectivity index (χ0v) is 10.3. The van der Waals surface area contributed by atoms with E-state index >= 15 is 0 Å². The number of phenols is 2. The predicted molar refractivity (Wildman–Crippen MR) is 65.5 cm³/mol. The molecule has 0 spiro atoms. The lowest BCUT2D eigenvalue weighted by atomic mass is 9.88. The minimum absolute atomic E-state index is 0.101. The first-order chi connectivity index (χ1) is 8.47. The molecule has 5 nitrogen and oxygen atoms in total. The summed E-state index contributed by atoms with van der Waals surface area (Å²) in [6, 6.07) is 4.17. The van der Waals surface area contributed by atoms with Gasteiger partial charge in [-0.1, -0.05) is 19.4 Å². The van der Waals surface area contributed by atoms with Crippen LogP contribution in [0.25, 0.3) is 0 Å². The van der Waals surface area contributed by atoms with E-state index < -0.39 is 11.5 Å². The van der Waals surface area contributed by atoms with E-state index in [9.17, 15) is 20.1 Å². The molecular weight excluding hydrogens is 234 g/mol. The van der Waals surface area contributed by atoms with E-state index in [1.807, 2.05) is 6.92 Å². The third kappa shape index (κ3) is 2.13. The molecular formula is C13H17NO4. The second-order valence-electron chi connectivity index (χ2n) is 4.81. The molecule has 1 amide bonds.